The number of carbonyl (C=O) groups is 1. The number of benzene rings is 2. The summed E-state index contributed by atoms with van der Waals surface area (Å²) < 4.78 is 23.4. The first-order valence-electron chi connectivity index (χ1n) is 8.00. The fourth-order valence-corrected chi connectivity index (χ4v) is 4.18. The van der Waals surface area contributed by atoms with Crippen LogP contribution in [-0.2, 0) is 9.84 Å². The van der Waals surface area contributed by atoms with Crippen LogP contribution >= 0.6 is 22.9 Å². The van der Waals surface area contributed by atoms with Crippen molar-refractivity contribution in [3.63, 3.8) is 0 Å². The van der Waals surface area contributed by atoms with E-state index in [2.05, 4.69) is 10.3 Å². The number of sulfone groups is 1. The van der Waals surface area contributed by atoms with E-state index in [4.69, 9.17) is 11.6 Å². The molecule has 0 saturated heterocycles. The van der Waals surface area contributed by atoms with E-state index in [1.54, 1.807) is 0 Å². The Balaban J connectivity index is 1.89. The molecule has 140 valence electrons. The van der Waals surface area contributed by atoms with Gasteiger partial charge in [0.05, 0.1) is 21.2 Å². The lowest BCUT2D eigenvalue weighted by molar-refractivity contribution is 0.102. The lowest BCUT2D eigenvalue weighted by Gasteiger charge is -2.06. The van der Waals surface area contributed by atoms with E-state index in [9.17, 15) is 13.2 Å². The van der Waals surface area contributed by atoms with Crippen LogP contribution in [0.15, 0.2) is 47.4 Å². The minimum Gasteiger partial charge on any atom is -0.298 e. The average Bonchev–Trinajstić information content (AvgIpc) is 2.95. The molecule has 1 heterocycles. The highest BCUT2D eigenvalue weighted by molar-refractivity contribution is 7.90. The normalized spacial score (nSPS) is 11.4. The third-order valence-corrected chi connectivity index (χ3v) is 6.28. The number of aromatic nitrogens is 1. The van der Waals surface area contributed by atoms with Crippen molar-refractivity contribution in [2.75, 3.05) is 11.6 Å². The molecule has 0 aliphatic heterocycles. The molecule has 0 bridgehead atoms. The van der Waals surface area contributed by atoms with E-state index < -0.39 is 15.7 Å². The molecule has 0 aliphatic carbocycles. The van der Waals surface area contributed by atoms with Gasteiger partial charge < -0.3 is 0 Å². The van der Waals surface area contributed by atoms with Crippen molar-refractivity contribution in [1.82, 2.24) is 4.98 Å². The molecule has 0 aliphatic rings. The monoisotopic (exact) mass is 420 g/mol. The Hall–Kier alpha value is -2.22. The molecule has 3 aromatic rings. The Morgan fingerprint density at radius 3 is 2.41 bits per heavy atom. The van der Waals surface area contributed by atoms with Crippen LogP contribution in [0.3, 0.4) is 0 Å². The first kappa shape index (κ1) is 19.5. The molecule has 8 heteroatoms. The van der Waals surface area contributed by atoms with E-state index in [-0.39, 0.29) is 15.5 Å². The molecule has 2 aromatic carbocycles. The van der Waals surface area contributed by atoms with Crippen LogP contribution in [0.25, 0.3) is 11.3 Å². The quantitative estimate of drug-likeness (QED) is 0.661. The molecule has 27 heavy (non-hydrogen) atoms. The maximum Gasteiger partial charge on any atom is 0.259 e. The maximum absolute atomic E-state index is 12.6. The van der Waals surface area contributed by atoms with Gasteiger partial charge in [0.1, 0.15) is 0 Å². The van der Waals surface area contributed by atoms with Gasteiger partial charge in [0.15, 0.2) is 15.0 Å². The van der Waals surface area contributed by atoms with Gasteiger partial charge in [0, 0.05) is 16.7 Å². The van der Waals surface area contributed by atoms with Gasteiger partial charge >= 0.3 is 0 Å². The number of thiazole rings is 1. The summed E-state index contributed by atoms with van der Waals surface area (Å²) in [6, 6.07) is 12.0. The molecule has 0 unspecified atom stereocenters. The summed E-state index contributed by atoms with van der Waals surface area (Å²) in [6.45, 7) is 3.94. The number of halogens is 1. The second-order valence-electron chi connectivity index (χ2n) is 6.16. The lowest BCUT2D eigenvalue weighted by atomic mass is 10.1. The Labute approximate surface area is 167 Å². The lowest BCUT2D eigenvalue weighted by Crippen LogP contribution is -2.13. The van der Waals surface area contributed by atoms with Crippen LogP contribution in [0.4, 0.5) is 5.13 Å². The van der Waals surface area contributed by atoms with Crippen molar-refractivity contribution in [3.05, 3.63) is 63.5 Å². The number of nitrogens with one attached hydrogen (secondary N) is 1. The fourth-order valence-electron chi connectivity index (χ4n) is 2.50. The molecule has 0 atom stereocenters. The third kappa shape index (κ3) is 4.37. The van der Waals surface area contributed by atoms with Crippen LogP contribution in [-0.4, -0.2) is 25.6 Å². The Morgan fingerprint density at radius 2 is 1.78 bits per heavy atom. The van der Waals surface area contributed by atoms with E-state index in [1.807, 2.05) is 38.1 Å². The number of hydrogen-bond acceptors (Lipinski definition) is 5. The number of rotatable bonds is 4. The standard InChI is InChI=1S/C19H17ClN2O3S2/c1-11-4-6-13(7-5-11)17-12(2)26-19(21-17)22-18(23)15-10-14(27(3,24)25)8-9-16(15)20/h4-10H,1-3H3,(H,21,22,23). The molecule has 1 aromatic heterocycles. The fraction of sp³-hybridized carbons (Fsp3) is 0.158. The van der Waals surface area contributed by atoms with Gasteiger partial charge in [-0.1, -0.05) is 41.4 Å². The topological polar surface area (TPSA) is 76.1 Å². The predicted octanol–water partition coefficient (Wildman–Crippen LogP) is 4.74. The van der Waals surface area contributed by atoms with Crippen molar-refractivity contribution in [3.8, 4) is 11.3 Å². The zero-order valence-electron chi connectivity index (χ0n) is 14.9. The second kappa shape index (κ2) is 7.42. The minimum atomic E-state index is -3.44. The summed E-state index contributed by atoms with van der Waals surface area (Å²) in [5, 5.41) is 3.31. The maximum atomic E-state index is 12.6. The molecular weight excluding hydrogens is 404 g/mol. The van der Waals surface area contributed by atoms with Crippen molar-refractivity contribution < 1.29 is 13.2 Å². The van der Waals surface area contributed by atoms with E-state index in [1.165, 1.54) is 29.5 Å². The van der Waals surface area contributed by atoms with Crippen LogP contribution in [0.2, 0.25) is 5.02 Å². The number of amides is 1. The Bertz CT molecular complexity index is 1120. The van der Waals surface area contributed by atoms with Gasteiger partial charge in [-0.25, -0.2) is 13.4 Å². The first-order chi connectivity index (χ1) is 12.6. The molecule has 0 fully saturated rings. The van der Waals surface area contributed by atoms with Gasteiger partial charge in [-0.2, -0.15) is 0 Å². The second-order valence-corrected chi connectivity index (χ2v) is 9.78. The molecule has 3 rings (SSSR count). The summed E-state index contributed by atoms with van der Waals surface area (Å²) >= 11 is 7.43. The largest absolute Gasteiger partial charge is 0.298 e. The SMILES string of the molecule is Cc1ccc(-c2nc(NC(=O)c3cc(S(C)(=O)=O)ccc3Cl)sc2C)cc1. The van der Waals surface area contributed by atoms with Crippen molar-refractivity contribution in [2.24, 2.45) is 0 Å². The highest BCUT2D eigenvalue weighted by atomic mass is 35.5. The minimum absolute atomic E-state index is 0.0349. The number of aryl methyl sites for hydroxylation is 2. The summed E-state index contributed by atoms with van der Waals surface area (Å²) in [7, 11) is -3.44. The van der Waals surface area contributed by atoms with Crippen LogP contribution < -0.4 is 5.32 Å². The van der Waals surface area contributed by atoms with Gasteiger partial charge in [0.25, 0.3) is 5.91 Å². The molecule has 1 N–H and O–H groups in total. The molecule has 0 radical (unpaired) electrons. The van der Waals surface area contributed by atoms with Crippen LogP contribution in [0.5, 0.6) is 0 Å². The van der Waals surface area contributed by atoms with Crippen LogP contribution in [0.1, 0.15) is 20.8 Å². The molecule has 0 saturated carbocycles. The number of carbonyl (C=O) groups excluding carboxylic acids is 1. The summed E-state index contributed by atoms with van der Waals surface area (Å²) in [4.78, 5) is 18.1. The predicted molar refractivity (Wildman–Crippen MR) is 110 cm³/mol. The van der Waals surface area contributed by atoms with Gasteiger partial charge in [0.2, 0.25) is 0 Å². The summed E-state index contributed by atoms with van der Waals surface area (Å²) in [5.41, 5.74) is 3.00. The van der Waals surface area contributed by atoms with Gasteiger partial charge in [-0.15, -0.1) is 11.3 Å². The summed E-state index contributed by atoms with van der Waals surface area (Å²) in [5.74, 6) is -0.505. The zero-order chi connectivity index (χ0) is 19.8. The molecular formula is C19H17ClN2O3S2. The third-order valence-electron chi connectivity index (χ3n) is 3.95. The van der Waals surface area contributed by atoms with E-state index in [0.717, 1.165) is 28.0 Å². The van der Waals surface area contributed by atoms with Crippen molar-refractivity contribution in [2.45, 2.75) is 18.7 Å². The number of hydrogen-bond donors (Lipinski definition) is 1. The zero-order valence-corrected chi connectivity index (χ0v) is 17.3. The smallest absolute Gasteiger partial charge is 0.259 e. The average molecular weight is 421 g/mol. The molecule has 5 nitrogen and oxygen atoms in total. The van der Waals surface area contributed by atoms with Crippen molar-refractivity contribution in [1.29, 1.82) is 0 Å². The van der Waals surface area contributed by atoms with E-state index in [0.29, 0.717) is 5.13 Å². The van der Waals surface area contributed by atoms with Gasteiger partial charge in [-0.05, 0) is 32.0 Å². The van der Waals surface area contributed by atoms with Crippen molar-refractivity contribution >= 4 is 43.8 Å². The first-order valence-corrected chi connectivity index (χ1v) is 11.1. The Kier molecular flexibility index (Phi) is 5.37. The highest BCUT2D eigenvalue weighted by Crippen LogP contribution is 2.31. The number of nitrogens with zero attached hydrogens (tertiary/aromatic N) is 1. The highest BCUT2D eigenvalue weighted by Gasteiger charge is 2.18. The molecule has 1 amide bonds. The van der Waals surface area contributed by atoms with Crippen LogP contribution in [0, 0.1) is 13.8 Å². The molecule has 0 spiro atoms. The summed E-state index contributed by atoms with van der Waals surface area (Å²) in [6.07, 6.45) is 1.08. The Morgan fingerprint density at radius 1 is 1.11 bits per heavy atom. The van der Waals surface area contributed by atoms with Gasteiger partial charge in [-0.3, -0.25) is 10.1 Å². The van der Waals surface area contributed by atoms with E-state index >= 15 is 0 Å². The number of anilines is 1.